The first kappa shape index (κ1) is 22.3. The van der Waals surface area contributed by atoms with Crippen molar-refractivity contribution in [3.05, 3.63) is 107 Å². The molecule has 0 radical (unpaired) electrons. The van der Waals surface area contributed by atoms with Crippen LogP contribution in [0.25, 0.3) is 11.0 Å². The highest BCUT2D eigenvalue weighted by Crippen LogP contribution is 2.20. The molecule has 1 heterocycles. The summed E-state index contributed by atoms with van der Waals surface area (Å²) in [6.45, 7) is 9.26. The van der Waals surface area contributed by atoms with Gasteiger partial charge in [-0.1, -0.05) is 54.1 Å². The lowest BCUT2D eigenvalue weighted by Crippen LogP contribution is -2.26. The first-order chi connectivity index (χ1) is 16.1. The van der Waals surface area contributed by atoms with Crippen molar-refractivity contribution in [3.8, 4) is 5.75 Å². The Morgan fingerprint density at radius 2 is 1.88 bits per heavy atom. The molecule has 1 N–H and O–H groups in total. The molecule has 168 valence electrons. The summed E-state index contributed by atoms with van der Waals surface area (Å²) in [6.07, 6.45) is 2.64. The fourth-order valence-corrected chi connectivity index (χ4v) is 4.05. The number of nitrogens with zero attached hydrogens (tertiary/aromatic N) is 2. The number of ether oxygens (including phenoxy) is 1. The highest BCUT2D eigenvalue weighted by Gasteiger charge is 2.14. The van der Waals surface area contributed by atoms with Crippen LogP contribution in [0.1, 0.15) is 32.9 Å². The van der Waals surface area contributed by atoms with Crippen molar-refractivity contribution in [1.82, 2.24) is 14.9 Å². The Morgan fingerprint density at radius 3 is 2.70 bits per heavy atom. The Bertz CT molecular complexity index is 1290. The molecule has 0 fully saturated rings. The van der Waals surface area contributed by atoms with Crippen LogP contribution in [0, 0.1) is 13.8 Å². The Balaban J connectivity index is 1.50. The van der Waals surface area contributed by atoms with Crippen molar-refractivity contribution in [2.24, 2.45) is 0 Å². The van der Waals surface area contributed by atoms with Crippen LogP contribution in [0.4, 0.5) is 0 Å². The largest absolute Gasteiger partial charge is 0.491 e. The summed E-state index contributed by atoms with van der Waals surface area (Å²) in [4.78, 5) is 17.6. The number of carbonyl (C=O) groups is 1. The SMILES string of the molecule is C=CCc1ccccc1OCCn1c(CNC(=O)c2ccc(C)cc2C)nc2ccccc21. The molecule has 0 spiro atoms. The summed E-state index contributed by atoms with van der Waals surface area (Å²) in [5, 5.41) is 3.04. The summed E-state index contributed by atoms with van der Waals surface area (Å²) in [5.74, 6) is 1.57. The summed E-state index contributed by atoms with van der Waals surface area (Å²) < 4.78 is 8.22. The lowest BCUT2D eigenvalue weighted by molar-refractivity contribution is 0.0949. The first-order valence-corrected chi connectivity index (χ1v) is 11.2. The minimum absolute atomic E-state index is 0.0966. The third kappa shape index (κ3) is 5.14. The molecule has 5 heteroatoms. The fraction of sp³-hybridized carbons (Fsp3) is 0.214. The van der Waals surface area contributed by atoms with Crippen molar-refractivity contribution >= 4 is 16.9 Å². The molecule has 0 aliphatic heterocycles. The normalized spacial score (nSPS) is 10.8. The van der Waals surface area contributed by atoms with Crippen LogP contribution in [0.5, 0.6) is 5.75 Å². The van der Waals surface area contributed by atoms with Gasteiger partial charge in [0, 0.05) is 5.56 Å². The monoisotopic (exact) mass is 439 g/mol. The molecule has 4 rings (SSSR count). The maximum atomic E-state index is 12.8. The van der Waals surface area contributed by atoms with Gasteiger partial charge < -0.3 is 14.6 Å². The number of amides is 1. The minimum Gasteiger partial charge on any atom is -0.491 e. The second-order valence-corrected chi connectivity index (χ2v) is 8.12. The fourth-order valence-electron chi connectivity index (χ4n) is 4.05. The molecular weight excluding hydrogens is 410 g/mol. The average Bonchev–Trinajstić information content (AvgIpc) is 3.16. The average molecular weight is 440 g/mol. The van der Waals surface area contributed by atoms with Gasteiger partial charge in [-0.2, -0.15) is 0 Å². The highest BCUT2D eigenvalue weighted by atomic mass is 16.5. The molecule has 1 amide bonds. The van der Waals surface area contributed by atoms with E-state index in [9.17, 15) is 4.79 Å². The molecular formula is C28H29N3O2. The van der Waals surface area contributed by atoms with Crippen LogP contribution in [0.15, 0.2) is 79.4 Å². The van der Waals surface area contributed by atoms with E-state index in [-0.39, 0.29) is 5.91 Å². The van der Waals surface area contributed by atoms with Gasteiger partial charge in [0.25, 0.3) is 5.91 Å². The molecule has 3 aromatic carbocycles. The zero-order valence-corrected chi connectivity index (χ0v) is 19.2. The van der Waals surface area contributed by atoms with Crippen LogP contribution in [-0.4, -0.2) is 22.1 Å². The molecule has 1 aromatic heterocycles. The number of hydrogen-bond donors (Lipinski definition) is 1. The van der Waals surface area contributed by atoms with Crippen LogP contribution < -0.4 is 10.1 Å². The molecule has 0 bridgehead atoms. The van der Waals surface area contributed by atoms with Crippen LogP contribution in [0.3, 0.4) is 0 Å². The minimum atomic E-state index is -0.0966. The number of allylic oxidation sites excluding steroid dienone is 1. The molecule has 0 saturated heterocycles. The molecule has 4 aromatic rings. The smallest absolute Gasteiger partial charge is 0.251 e. The summed E-state index contributed by atoms with van der Waals surface area (Å²) >= 11 is 0. The highest BCUT2D eigenvalue weighted by molar-refractivity contribution is 5.95. The lowest BCUT2D eigenvalue weighted by Gasteiger charge is -2.14. The van der Waals surface area contributed by atoms with Gasteiger partial charge in [0.15, 0.2) is 0 Å². The number of carbonyl (C=O) groups excluding carboxylic acids is 1. The molecule has 0 atom stereocenters. The van der Waals surface area contributed by atoms with Crippen molar-refractivity contribution in [2.45, 2.75) is 33.4 Å². The van der Waals surface area contributed by atoms with E-state index in [2.05, 4.69) is 22.5 Å². The van der Waals surface area contributed by atoms with E-state index in [4.69, 9.17) is 9.72 Å². The van der Waals surface area contributed by atoms with Crippen LogP contribution in [-0.2, 0) is 19.5 Å². The van der Waals surface area contributed by atoms with Gasteiger partial charge in [-0.05, 0) is 55.7 Å². The zero-order valence-electron chi connectivity index (χ0n) is 19.2. The third-order valence-corrected chi connectivity index (χ3v) is 5.68. The number of nitrogens with one attached hydrogen (secondary N) is 1. The molecule has 0 aliphatic rings. The molecule has 0 saturated carbocycles. The van der Waals surface area contributed by atoms with Crippen molar-refractivity contribution < 1.29 is 9.53 Å². The predicted octanol–water partition coefficient (Wildman–Crippen LogP) is 5.39. The molecule has 5 nitrogen and oxygen atoms in total. The van der Waals surface area contributed by atoms with Gasteiger partial charge in [0.05, 0.1) is 24.1 Å². The number of hydrogen-bond acceptors (Lipinski definition) is 3. The van der Waals surface area contributed by atoms with Crippen LogP contribution >= 0.6 is 0 Å². The Kier molecular flexibility index (Phi) is 6.89. The van der Waals surface area contributed by atoms with E-state index in [1.165, 1.54) is 0 Å². The maximum Gasteiger partial charge on any atom is 0.251 e. The Morgan fingerprint density at radius 1 is 1.09 bits per heavy atom. The maximum absolute atomic E-state index is 12.8. The Labute approximate surface area is 194 Å². The number of para-hydroxylation sites is 3. The number of benzene rings is 3. The topological polar surface area (TPSA) is 56.1 Å². The van der Waals surface area contributed by atoms with E-state index in [1.807, 2.05) is 80.6 Å². The third-order valence-electron chi connectivity index (χ3n) is 5.68. The zero-order chi connectivity index (χ0) is 23.2. The molecule has 33 heavy (non-hydrogen) atoms. The van der Waals surface area contributed by atoms with Gasteiger partial charge in [-0.15, -0.1) is 6.58 Å². The molecule has 0 unspecified atom stereocenters. The van der Waals surface area contributed by atoms with E-state index < -0.39 is 0 Å². The predicted molar refractivity (Wildman–Crippen MR) is 133 cm³/mol. The summed E-state index contributed by atoms with van der Waals surface area (Å²) in [7, 11) is 0. The number of fused-ring (bicyclic) bond motifs is 1. The number of aromatic nitrogens is 2. The lowest BCUT2D eigenvalue weighted by atomic mass is 10.1. The van der Waals surface area contributed by atoms with E-state index in [0.29, 0.717) is 25.3 Å². The summed E-state index contributed by atoms with van der Waals surface area (Å²) in [6, 6.07) is 21.9. The number of rotatable bonds is 9. The second kappa shape index (κ2) is 10.2. The van der Waals surface area contributed by atoms with Gasteiger partial charge >= 0.3 is 0 Å². The first-order valence-electron chi connectivity index (χ1n) is 11.2. The van der Waals surface area contributed by atoms with Gasteiger partial charge in [-0.25, -0.2) is 4.98 Å². The van der Waals surface area contributed by atoms with E-state index in [0.717, 1.165) is 45.7 Å². The summed E-state index contributed by atoms with van der Waals surface area (Å²) in [5.41, 5.74) is 5.83. The number of imidazole rings is 1. The second-order valence-electron chi connectivity index (χ2n) is 8.12. The standard InChI is InChI=1S/C28H29N3O2/c1-4-9-22-10-5-8-13-26(22)33-17-16-31-25-12-7-6-11-24(25)30-27(31)19-29-28(32)23-15-14-20(2)18-21(23)3/h4-8,10-15,18H,1,9,16-17,19H2,2-3H3,(H,29,32). The van der Waals surface area contributed by atoms with Crippen molar-refractivity contribution in [1.29, 1.82) is 0 Å². The van der Waals surface area contributed by atoms with Crippen molar-refractivity contribution in [3.63, 3.8) is 0 Å². The Hall–Kier alpha value is -3.86. The van der Waals surface area contributed by atoms with Crippen LogP contribution in [0.2, 0.25) is 0 Å². The van der Waals surface area contributed by atoms with Gasteiger partial charge in [0.2, 0.25) is 0 Å². The van der Waals surface area contributed by atoms with Crippen molar-refractivity contribution in [2.75, 3.05) is 6.61 Å². The molecule has 0 aliphatic carbocycles. The van der Waals surface area contributed by atoms with Gasteiger partial charge in [0.1, 0.15) is 18.2 Å². The quantitative estimate of drug-likeness (QED) is 0.356. The van der Waals surface area contributed by atoms with Gasteiger partial charge in [-0.3, -0.25) is 4.79 Å². The van der Waals surface area contributed by atoms with E-state index in [1.54, 1.807) is 0 Å². The number of aryl methyl sites for hydroxylation is 2. The van der Waals surface area contributed by atoms with E-state index >= 15 is 0 Å².